The molecule has 3 aromatic rings. The summed E-state index contributed by atoms with van der Waals surface area (Å²) in [5.41, 5.74) is 3.16. The number of benzene rings is 1. The minimum Gasteiger partial charge on any atom is -0.267 e. The largest absolute Gasteiger partial charge is 0.274 e. The van der Waals surface area contributed by atoms with Crippen molar-refractivity contribution in [2.75, 3.05) is 0 Å². The highest BCUT2D eigenvalue weighted by Gasteiger charge is 2.08. The fourth-order valence-corrected chi connectivity index (χ4v) is 2.99. The van der Waals surface area contributed by atoms with E-state index in [2.05, 4.69) is 53.2 Å². The number of hydrogen-bond acceptors (Lipinski definition) is 4. The standard InChI is InChI=1S/C16H18N4OS/c1-3-4-13-9-14(21)20-15(17-13)18-16(19-20)22-10-12-7-5-11(2)6-8-12/h5-9H,3-4,10H2,1-2H3,(H,17,18,19). The molecule has 0 saturated heterocycles. The second-order valence-corrected chi connectivity index (χ2v) is 6.24. The van der Waals surface area contributed by atoms with Gasteiger partial charge in [0, 0.05) is 11.8 Å². The van der Waals surface area contributed by atoms with Crippen molar-refractivity contribution >= 4 is 17.5 Å². The molecule has 0 bridgehead atoms. The first-order valence-corrected chi connectivity index (χ1v) is 8.31. The van der Waals surface area contributed by atoms with Crippen LogP contribution >= 0.6 is 11.8 Å². The van der Waals surface area contributed by atoms with E-state index in [0.717, 1.165) is 24.3 Å². The molecule has 0 spiro atoms. The van der Waals surface area contributed by atoms with Gasteiger partial charge in [-0.1, -0.05) is 54.9 Å². The van der Waals surface area contributed by atoms with Crippen LogP contribution in [0.1, 0.15) is 30.2 Å². The maximum Gasteiger partial charge on any atom is 0.274 e. The Balaban J connectivity index is 1.81. The average molecular weight is 314 g/mol. The van der Waals surface area contributed by atoms with Gasteiger partial charge in [0.2, 0.25) is 0 Å². The van der Waals surface area contributed by atoms with Crippen molar-refractivity contribution in [1.29, 1.82) is 0 Å². The first kappa shape index (κ1) is 14.8. The highest BCUT2D eigenvalue weighted by atomic mass is 32.2. The third-order valence-electron chi connectivity index (χ3n) is 3.37. The van der Waals surface area contributed by atoms with Gasteiger partial charge in [0.1, 0.15) is 0 Å². The van der Waals surface area contributed by atoms with Gasteiger partial charge in [0.05, 0.1) is 5.69 Å². The summed E-state index contributed by atoms with van der Waals surface area (Å²) in [4.78, 5) is 20.9. The fraction of sp³-hybridized carbons (Fsp3) is 0.312. The van der Waals surface area contributed by atoms with E-state index in [1.165, 1.54) is 15.6 Å². The molecular formula is C16H18N4OS. The van der Waals surface area contributed by atoms with Gasteiger partial charge >= 0.3 is 0 Å². The topological polar surface area (TPSA) is 63.0 Å². The zero-order valence-corrected chi connectivity index (χ0v) is 13.5. The average Bonchev–Trinajstić information content (AvgIpc) is 2.91. The lowest BCUT2D eigenvalue weighted by atomic mass is 10.2. The molecule has 2 aromatic heterocycles. The number of H-pyrrole nitrogens is 1. The molecule has 0 saturated carbocycles. The zero-order chi connectivity index (χ0) is 15.5. The van der Waals surface area contributed by atoms with E-state index in [4.69, 9.17) is 0 Å². The lowest BCUT2D eigenvalue weighted by Crippen LogP contribution is -2.15. The number of hydrogen-bond donors (Lipinski definition) is 1. The van der Waals surface area contributed by atoms with Gasteiger partial charge in [-0.2, -0.15) is 9.50 Å². The van der Waals surface area contributed by atoms with E-state index >= 15 is 0 Å². The Morgan fingerprint density at radius 3 is 2.73 bits per heavy atom. The fourth-order valence-electron chi connectivity index (χ4n) is 2.19. The first-order valence-electron chi connectivity index (χ1n) is 7.33. The summed E-state index contributed by atoms with van der Waals surface area (Å²) in [7, 11) is 0. The minimum absolute atomic E-state index is 0.108. The zero-order valence-electron chi connectivity index (χ0n) is 12.7. The molecule has 0 unspecified atom stereocenters. The maximum absolute atomic E-state index is 12.0. The lowest BCUT2D eigenvalue weighted by molar-refractivity contribution is 0.820. The number of rotatable bonds is 5. The SMILES string of the molecule is CCCc1cc(=O)n2[nH]c(SCc3ccc(C)cc3)nc2n1. The van der Waals surface area contributed by atoms with Gasteiger partial charge < -0.3 is 0 Å². The number of thioether (sulfide) groups is 1. The summed E-state index contributed by atoms with van der Waals surface area (Å²) >= 11 is 1.57. The van der Waals surface area contributed by atoms with Crippen LogP contribution in [-0.4, -0.2) is 19.6 Å². The first-order chi connectivity index (χ1) is 10.7. The number of aromatic amines is 1. The molecule has 3 rings (SSSR count). The molecule has 0 aliphatic heterocycles. The molecule has 1 aromatic carbocycles. The normalized spacial score (nSPS) is 11.2. The Hall–Kier alpha value is -2.08. The molecule has 0 aliphatic rings. The van der Waals surface area contributed by atoms with E-state index < -0.39 is 0 Å². The van der Waals surface area contributed by atoms with Crippen molar-refractivity contribution < 1.29 is 0 Å². The minimum atomic E-state index is -0.108. The van der Waals surface area contributed by atoms with Gasteiger partial charge in [-0.25, -0.2) is 4.98 Å². The Bertz CT molecular complexity index is 835. The molecule has 114 valence electrons. The van der Waals surface area contributed by atoms with Crippen molar-refractivity contribution in [3.8, 4) is 0 Å². The Morgan fingerprint density at radius 2 is 2.00 bits per heavy atom. The van der Waals surface area contributed by atoms with Crippen LogP contribution < -0.4 is 5.56 Å². The summed E-state index contributed by atoms with van der Waals surface area (Å²) in [6.07, 6.45) is 1.76. The highest BCUT2D eigenvalue weighted by Crippen LogP contribution is 2.19. The molecule has 6 heteroatoms. The predicted octanol–water partition coefficient (Wildman–Crippen LogP) is 2.97. The second kappa shape index (κ2) is 6.36. The highest BCUT2D eigenvalue weighted by molar-refractivity contribution is 7.98. The molecule has 1 N–H and O–H groups in total. The lowest BCUT2D eigenvalue weighted by Gasteiger charge is -1.99. The van der Waals surface area contributed by atoms with Gasteiger partial charge in [-0.15, -0.1) is 0 Å². The van der Waals surface area contributed by atoms with Gasteiger partial charge in [0.15, 0.2) is 5.16 Å². The Morgan fingerprint density at radius 1 is 1.23 bits per heavy atom. The molecule has 2 heterocycles. The van der Waals surface area contributed by atoms with Crippen LogP contribution in [0.3, 0.4) is 0 Å². The molecule has 0 fully saturated rings. The van der Waals surface area contributed by atoms with Crippen molar-refractivity contribution in [3.63, 3.8) is 0 Å². The molecule has 0 aliphatic carbocycles. The Kier molecular flexibility index (Phi) is 4.29. The van der Waals surface area contributed by atoms with Crippen molar-refractivity contribution in [3.05, 3.63) is 57.5 Å². The van der Waals surface area contributed by atoms with Gasteiger partial charge in [-0.05, 0) is 18.9 Å². The van der Waals surface area contributed by atoms with E-state index in [1.807, 2.05) is 0 Å². The van der Waals surface area contributed by atoms with E-state index in [-0.39, 0.29) is 5.56 Å². The van der Waals surface area contributed by atoms with E-state index in [0.29, 0.717) is 10.9 Å². The predicted molar refractivity (Wildman–Crippen MR) is 88.3 cm³/mol. The van der Waals surface area contributed by atoms with Crippen molar-refractivity contribution in [1.82, 2.24) is 19.6 Å². The summed E-state index contributed by atoms with van der Waals surface area (Å²) < 4.78 is 1.40. The number of nitrogens with zero attached hydrogens (tertiary/aromatic N) is 3. The summed E-state index contributed by atoms with van der Waals surface area (Å²) in [5, 5.41) is 3.72. The van der Waals surface area contributed by atoms with Crippen molar-refractivity contribution in [2.45, 2.75) is 37.6 Å². The summed E-state index contributed by atoms with van der Waals surface area (Å²) in [5.74, 6) is 1.25. The van der Waals surface area contributed by atoms with E-state index in [9.17, 15) is 4.79 Å². The number of nitrogens with one attached hydrogen (secondary N) is 1. The molecule has 22 heavy (non-hydrogen) atoms. The van der Waals surface area contributed by atoms with Gasteiger partial charge in [-0.3, -0.25) is 9.89 Å². The quantitative estimate of drug-likeness (QED) is 0.735. The second-order valence-electron chi connectivity index (χ2n) is 5.27. The third-order valence-corrected chi connectivity index (χ3v) is 4.30. The monoisotopic (exact) mass is 314 g/mol. The molecule has 0 atom stereocenters. The van der Waals surface area contributed by atoms with Crippen LogP contribution in [0.4, 0.5) is 0 Å². The molecule has 0 radical (unpaired) electrons. The maximum atomic E-state index is 12.0. The molecule has 5 nitrogen and oxygen atoms in total. The number of fused-ring (bicyclic) bond motifs is 1. The van der Waals surface area contributed by atoms with Crippen molar-refractivity contribution in [2.24, 2.45) is 0 Å². The van der Waals surface area contributed by atoms with Crippen LogP contribution in [0.25, 0.3) is 5.78 Å². The van der Waals surface area contributed by atoms with E-state index in [1.54, 1.807) is 17.8 Å². The smallest absolute Gasteiger partial charge is 0.267 e. The van der Waals surface area contributed by atoms with Crippen LogP contribution in [0, 0.1) is 6.92 Å². The van der Waals surface area contributed by atoms with Gasteiger partial charge in [0.25, 0.3) is 11.3 Å². The van der Waals surface area contributed by atoms with Crippen LogP contribution in [0.5, 0.6) is 0 Å². The Labute approximate surface area is 132 Å². The van der Waals surface area contributed by atoms with Crippen LogP contribution in [0.2, 0.25) is 0 Å². The molecule has 0 amide bonds. The molecular weight excluding hydrogens is 296 g/mol. The number of aryl methyl sites for hydroxylation is 2. The van der Waals surface area contributed by atoms with Crippen LogP contribution in [0.15, 0.2) is 40.3 Å². The van der Waals surface area contributed by atoms with Crippen LogP contribution in [-0.2, 0) is 12.2 Å². The third kappa shape index (κ3) is 3.22. The summed E-state index contributed by atoms with van der Waals surface area (Å²) in [6.45, 7) is 4.14. The number of aromatic nitrogens is 4. The summed E-state index contributed by atoms with van der Waals surface area (Å²) in [6, 6.07) is 9.97.